The summed E-state index contributed by atoms with van der Waals surface area (Å²) in [7, 11) is 0. The van der Waals surface area contributed by atoms with E-state index in [1.807, 2.05) is 6.08 Å². The zero-order valence-electron chi connectivity index (χ0n) is 37.7. The number of aliphatic hydroxyl groups is 2. The van der Waals surface area contributed by atoms with E-state index in [4.69, 9.17) is 0 Å². The van der Waals surface area contributed by atoms with Crippen LogP contribution < -0.4 is 5.32 Å². The summed E-state index contributed by atoms with van der Waals surface area (Å²) in [6, 6.07) is -0.640. The maximum atomic E-state index is 12.3. The van der Waals surface area contributed by atoms with Gasteiger partial charge in [0.2, 0.25) is 5.91 Å². The Labute approximate surface area is 363 Å². The van der Waals surface area contributed by atoms with Gasteiger partial charge < -0.3 is 15.5 Å². The summed E-state index contributed by atoms with van der Waals surface area (Å²) in [6.45, 7) is 4.12. The summed E-state index contributed by atoms with van der Waals surface area (Å²) < 4.78 is 0. The van der Waals surface area contributed by atoms with Crippen molar-refractivity contribution in [3.05, 3.63) is 146 Å². The summed E-state index contributed by atoms with van der Waals surface area (Å²) in [5.74, 6) is -0.0944. The molecule has 0 bridgehead atoms. The summed E-state index contributed by atoms with van der Waals surface area (Å²) in [5.41, 5.74) is 0. The molecule has 0 aromatic rings. The van der Waals surface area contributed by atoms with Crippen LogP contribution in [0.5, 0.6) is 0 Å². The maximum Gasteiger partial charge on any atom is 0.220 e. The van der Waals surface area contributed by atoms with Gasteiger partial charge in [-0.3, -0.25) is 4.79 Å². The Kier molecular flexibility index (Phi) is 45.6. The Morgan fingerprint density at radius 2 is 0.746 bits per heavy atom. The number of aliphatic hydroxyl groups excluding tert-OH is 2. The van der Waals surface area contributed by atoms with Gasteiger partial charge in [-0.25, -0.2) is 0 Å². The van der Waals surface area contributed by atoms with Crippen LogP contribution in [0, 0.1) is 0 Å². The fraction of sp³-hybridized carbons (Fsp3) is 0.545. The van der Waals surface area contributed by atoms with Gasteiger partial charge in [-0.1, -0.05) is 211 Å². The van der Waals surface area contributed by atoms with Crippen LogP contribution in [0.2, 0.25) is 0 Å². The molecule has 0 aliphatic heterocycles. The molecule has 0 aromatic carbocycles. The third-order valence-electron chi connectivity index (χ3n) is 9.58. The number of amides is 1. The summed E-state index contributed by atoms with van der Waals surface area (Å²) in [4.78, 5) is 12.3. The van der Waals surface area contributed by atoms with Crippen LogP contribution in [0.1, 0.15) is 174 Å². The molecule has 330 valence electrons. The fourth-order valence-electron chi connectivity index (χ4n) is 6.00. The molecule has 0 aliphatic rings. The lowest BCUT2D eigenvalue weighted by atomic mass is 10.1. The molecule has 3 N–H and O–H groups in total. The standard InChI is InChI=1S/C55H87NO3/c1-3-5-7-9-11-13-14-15-16-17-18-19-20-21-22-23-24-25-26-27-28-29-30-31-32-33-34-35-36-37-38-39-40-41-42-43-45-47-49-51-55(59)56-53(52-57)54(58)50-48-46-44-12-10-8-6-4-2/h5,7,11,13,15-16,18-19,21-22,24-25,27-28,30-31,33-34,36-37,39-40,48,50,53-54,57-58H,3-4,6,8-10,12,14,17,20,23,26,29,32,35,38,41-47,49,51-52H2,1-2H3,(H,56,59)/b7-5-,13-11-,16-15-,19-18-,22-21-,25-24-,28-27-,31-30-,34-33-,37-36-,40-39-,50-48+. The van der Waals surface area contributed by atoms with Crippen LogP contribution >= 0.6 is 0 Å². The highest BCUT2D eigenvalue weighted by Crippen LogP contribution is 2.10. The smallest absolute Gasteiger partial charge is 0.220 e. The molecule has 1 amide bonds. The van der Waals surface area contributed by atoms with Crippen molar-refractivity contribution in [2.24, 2.45) is 0 Å². The van der Waals surface area contributed by atoms with Gasteiger partial charge in [-0.15, -0.1) is 0 Å². The maximum absolute atomic E-state index is 12.3. The minimum absolute atomic E-state index is 0.0944. The van der Waals surface area contributed by atoms with Crippen molar-refractivity contribution in [2.45, 2.75) is 187 Å². The zero-order chi connectivity index (χ0) is 42.8. The fourth-order valence-corrected chi connectivity index (χ4v) is 6.00. The van der Waals surface area contributed by atoms with E-state index in [0.717, 1.165) is 109 Å². The van der Waals surface area contributed by atoms with E-state index in [1.54, 1.807) is 6.08 Å². The van der Waals surface area contributed by atoms with E-state index >= 15 is 0 Å². The number of carbonyl (C=O) groups is 1. The van der Waals surface area contributed by atoms with Crippen molar-refractivity contribution in [1.29, 1.82) is 0 Å². The molecule has 59 heavy (non-hydrogen) atoms. The number of rotatable bonds is 40. The second-order valence-corrected chi connectivity index (χ2v) is 15.1. The molecular weight excluding hydrogens is 723 g/mol. The van der Waals surface area contributed by atoms with Crippen molar-refractivity contribution < 1.29 is 15.0 Å². The second-order valence-electron chi connectivity index (χ2n) is 15.1. The van der Waals surface area contributed by atoms with Crippen molar-refractivity contribution in [2.75, 3.05) is 6.61 Å². The highest BCUT2D eigenvalue weighted by Gasteiger charge is 2.17. The zero-order valence-corrected chi connectivity index (χ0v) is 37.7. The predicted molar refractivity (Wildman–Crippen MR) is 261 cm³/mol. The lowest BCUT2D eigenvalue weighted by molar-refractivity contribution is -0.123. The molecular formula is C55H87NO3. The average Bonchev–Trinajstić information content (AvgIpc) is 3.24. The number of allylic oxidation sites excluding steroid dienone is 23. The highest BCUT2D eigenvalue weighted by atomic mass is 16.3. The minimum atomic E-state index is -0.854. The Morgan fingerprint density at radius 1 is 0.424 bits per heavy atom. The van der Waals surface area contributed by atoms with Crippen molar-refractivity contribution >= 4 is 5.91 Å². The molecule has 0 rings (SSSR count). The van der Waals surface area contributed by atoms with E-state index in [9.17, 15) is 15.0 Å². The largest absolute Gasteiger partial charge is 0.394 e. The first-order valence-corrected chi connectivity index (χ1v) is 23.5. The number of hydrogen-bond donors (Lipinski definition) is 3. The quantitative estimate of drug-likeness (QED) is 0.0426. The predicted octanol–water partition coefficient (Wildman–Crippen LogP) is 15.3. The van der Waals surface area contributed by atoms with E-state index in [2.05, 4.69) is 153 Å². The van der Waals surface area contributed by atoms with Gasteiger partial charge in [-0.2, -0.15) is 0 Å². The van der Waals surface area contributed by atoms with Gasteiger partial charge in [0.15, 0.2) is 0 Å². The van der Waals surface area contributed by atoms with Gasteiger partial charge >= 0.3 is 0 Å². The van der Waals surface area contributed by atoms with Gasteiger partial charge in [0.05, 0.1) is 18.8 Å². The molecule has 0 saturated heterocycles. The average molecular weight is 810 g/mol. The third kappa shape index (κ3) is 45.2. The van der Waals surface area contributed by atoms with Crippen LogP contribution in [-0.2, 0) is 4.79 Å². The first-order chi connectivity index (χ1) is 29.2. The number of nitrogens with one attached hydrogen (secondary N) is 1. The molecule has 0 heterocycles. The van der Waals surface area contributed by atoms with Crippen molar-refractivity contribution in [1.82, 2.24) is 5.32 Å². The molecule has 4 heteroatoms. The highest BCUT2D eigenvalue weighted by molar-refractivity contribution is 5.76. The van der Waals surface area contributed by atoms with Crippen LogP contribution in [0.3, 0.4) is 0 Å². The Hall–Kier alpha value is -3.73. The molecule has 0 radical (unpaired) electrons. The molecule has 0 saturated carbocycles. The van der Waals surface area contributed by atoms with Crippen molar-refractivity contribution in [3.63, 3.8) is 0 Å². The monoisotopic (exact) mass is 810 g/mol. The molecule has 0 spiro atoms. The van der Waals surface area contributed by atoms with E-state index in [0.29, 0.717) is 6.42 Å². The number of carbonyl (C=O) groups excluding carboxylic acids is 1. The molecule has 2 unspecified atom stereocenters. The van der Waals surface area contributed by atoms with Gasteiger partial charge in [0.1, 0.15) is 0 Å². The minimum Gasteiger partial charge on any atom is -0.394 e. The Balaban J connectivity index is 3.70. The van der Waals surface area contributed by atoms with Crippen LogP contribution in [0.25, 0.3) is 0 Å². The van der Waals surface area contributed by atoms with E-state index in [-0.39, 0.29) is 12.5 Å². The summed E-state index contributed by atoms with van der Waals surface area (Å²) in [6.07, 6.45) is 78.3. The summed E-state index contributed by atoms with van der Waals surface area (Å²) >= 11 is 0. The number of unbranched alkanes of at least 4 members (excludes halogenated alkanes) is 11. The SMILES string of the molecule is CC/C=C\C/C=C\C/C=C\C/C=C\C/C=C\C/C=C\C/C=C\C/C=C\C/C=C\C/C=C\C/C=C\CCCCCCCC(=O)NC(CO)C(O)/C=C/CCCCCCCC. The van der Waals surface area contributed by atoms with Gasteiger partial charge in [0, 0.05) is 6.42 Å². The normalized spacial score (nSPS) is 14.3. The third-order valence-corrected chi connectivity index (χ3v) is 9.58. The first-order valence-electron chi connectivity index (χ1n) is 23.5. The van der Waals surface area contributed by atoms with E-state index in [1.165, 1.54) is 44.9 Å². The topological polar surface area (TPSA) is 69.6 Å². The van der Waals surface area contributed by atoms with Crippen LogP contribution in [-0.4, -0.2) is 34.9 Å². The first kappa shape index (κ1) is 55.3. The van der Waals surface area contributed by atoms with Gasteiger partial charge in [0.25, 0.3) is 0 Å². The molecule has 4 nitrogen and oxygen atoms in total. The molecule has 0 aromatic heterocycles. The lowest BCUT2D eigenvalue weighted by Gasteiger charge is -2.20. The van der Waals surface area contributed by atoms with Crippen LogP contribution in [0.4, 0.5) is 0 Å². The summed E-state index contributed by atoms with van der Waals surface area (Å²) in [5, 5.41) is 22.8. The van der Waals surface area contributed by atoms with Crippen molar-refractivity contribution in [3.8, 4) is 0 Å². The molecule has 2 atom stereocenters. The number of hydrogen-bond acceptors (Lipinski definition) is 3. The van der Waals surface area contributed by atoms with E-state index < -0.39 is 12.1 Å². The lowest BCUT2D eigenvalue weighted by Crippen LogP contribution is -2.45. The molecule has 0 aliphatic carbocycles. The Bertz CT molecular complexity index is 1280. The molecule has 0 fully saturated rings. The van der Waals surface area contributed by atoms with Gasteiger partial charge in [-0.05, 0) is 103 Å². The van der Waals surface area contributed by atoms with Crippen LogP contribution in [0.15, 0.2) is 146 Å². The second kappa shape index (κ2) is 48.6. The Morgan fingerprint density at radius 3 is 1.12 bits per heavy atom.